The van der Waals surface area contributed by atoms with Gasteiger partial charge in [0.2, 0.25) is 0 Å². The Hall–Kier alpha value is -0.570. The third kappa shape index (κ3) is 4.12. The van der Waals surface area contributed by atoms with Crippen molar-refractivity contribution in [3.63, 3.8) is 0 Å². The summed E-state index contributed by atoms with van der Waals surface area (Å²) in [5, 5.41) is 0. The van der Waals surface area contributed by atoms with Gasteiger partial charge < -0.3 is 5.73 Å². The molecule has 1 saturated heterocycles. The molecule has 2 N–H and O–H groups in total. The Balaban J connectivity index is 2.41. The van der Waals surface area contributed by atoms with Crippen molar-refractivity contribution < 1.29 is 0 Å². The van der Waals surface area contributed by atoms with Gasteiger partial charge in [0.25, 0.3) is 0 Å². The van der Waals surface area contributed by atoms with Crippen LogP contribution in [-0.4, -0.2) is 36.4 Å². The van der Waals surface area contributed by atoms with E-state index in [1.807, 2.05) is 0 Å². The molecule has 1 rings (SSSR count). The van der Waals surface area contributed by atoms with E-state index in [-0.39, 0.29) is 5.41 Å². The molecule has 0 aromatic rings. The average Bonchev–Trinajstić information content (AvgIpc) is 2.25. The van der Waals surface area contributed by atoms with Gasteiger partial charge in [0.15, 0.2) is 0 Å². The van der Waals surface area contributed by atoms with Crippen molar-refractivity contribution in [1.82, 2.24) is 4.90 Å². The summed E-state index contributed by atoms with van der Waals surface area (Å²) >= 11 is 0. The number of hydrogen-bond donors (Lipinski definition) is 1. The summed E-state index contributed by atoms with van der Waals surface area (Å²) in [4.78, 5) is 7.05. The Kier molecular flexibility index (Phi) is 4.78. The Morgan fingerprint density at radius 3 is 2.31 bits per heavy atom. The van der Waals surface area contributed by atoms with Crippen LogP contribution in [-0.2, 0) is 0 Å². The molecular formula is C13H27N3. The van der Waals surface area contributed by atoms with E-state index in [1.54, 1.807) is 0 Å². The first-order valence-electron chi connectivity index (χ1n) is 6.45. The van der Waals surface area contributed by atoms with E-state index in [1.165, 1.54) is 32.4 Å². The highest BCUT2D eigenvalue weighted by Gasteiger charge is 2.18. The zero-order chi connectivity index (χ0) is 12.2. The first-order valence-corrected chi connectivity index (χ1v) is 6.45. The number of nitrogens with zero attached hydrogens (tertiary/aromatic N) is 2. The van der Waals surface area contributed by atoms with Gasteiger partial charge in [-0.25, -0.2) is 0 Å². The molecule has 1 unspecified atom stereocenters. The minimum atomic E-state index is 0.00161. The van der Waals surface area contributed by atoms with Crippen molar-refractivity contribution in [2.24, 2.45) is 16.1 Å². The first-order chi connectivity index (χ1) is 7.41. The standard InChI is InChI=1S/C13H27N3/c1-11(16-8-6-5-7-9-16)10-15-12(14)13(2,3)4/h11H,5-10H2,1-4H3,(H2,14,15). The Morgan fingerprint density at radius 2 is 1.81 bits per heavy atom. The maximum absolute atomic E-state index is 5.96. The predicted molar refractivity (Wildman–Crippen MR) is 70.8 cm³/mol. The normalized spacial score (nSPS) is 22.1. The molecule has 1 aliphatic heterocycles. The van der Waals surface area contributed by atoms with Crippen molar-refractivity contribution >= 4 is 5.84 Å². The molecule has 1 aliphatic rings. The minimum absolute atomic E-state index is 0.00161. The second kappa shape index (κ2) is 5.67. The van der Waals surface area contributed by atoms with E-state index in [9.17, 15) is 0 Å². The van der Waals surface area contributed by atoms with E-state index in [2.05, 4.69) is 37.6 Å². The minimum Gasteiger partial charge on any atom is -0.387 e. The number of aliphatic imine (C=N–C) groups is 1. The maximum Gasteiger partial charge on any atom is 0.0992 e. The van der Waals surface area contributed by atoms with Crippen LogP contribution in [0.25, 0.3) is 0 Å². The fourth-order valence-electron chi connectivity index (χ4n) is 1.94. The second-order valence-electron chi connectivity index (χ2n) is 5.92. The van der Waals surface area contributed by atoms with E-state index in [0.717, 1.165) is 12.4 Å². The zero-order valence-corrected chi connectivity index (χ0v) is 11.3. The predicted octanol–water partition coefficient (Wildman–Crippen LogP) is 2.26. The van der Waals surface area contributed by atoms with Gasteiger partial charge in [-0.15, -0.1) is 0 Å². The van der Waals surface area contributed by atoms with Crippen LogP contribution >= 0.6 is 0 Å². The van der Waals surface area contributed by atoms with Crippen molar-refractivity contribution in [2.75, 3.05) is 19.6 Å². The molecule has 0 aromatic carbocycles. The van der Waals surface area contributed by atoms with Gasteiger partial charge in [-0.1, -0.05) is 27.2 Å². The summed E-state index contributed by atoms with van der Waals surface area (Å²) in [6.45, 7) is 11.9. The molecule has 16 heavy (non-hydrogen) atoms. The summed E-state index contributed by atoms with van der Waals surface area (Å²) in [5.74, 6) is 0.774. The molecule has 94 valence electrons. The molecule has 1 atom stereocenters. The van der Waals surface area contributed by atoms with Crippen molar-refractivity contribution in [1.29, 1.82) is 0 Å². The SMILES string of the molecule is CC(CN=C(N)C(C)(C)C)N1CCCCC1. The third-order valence-corrected chi connectivity index (χ3v) is 3.31. The zero-order valence-electron chi connectivity index (χ0n) is 11.3. The summed E-state index contributed by atoms with van der Waals surface area (Å²) in [6, 6.07) is 0.529. The number of rotatable bonds is 3. The maximum atomic E-state index is 5.96. The molecule has 0 amide bonds. The van der Waals surface area contributed by atoms with Crippen LogP contribution in [0.5, 0.6) is 0 Å². The van der Waals surface area contributed by atoms with E-state index < -0.39 is 0 Å². The highest BCUT2D eigenvalue weighted by atomic mass is 15.2. The smallest absolute Gasteiger partial charge is 0.0992 e. The van der Waals surface area contributed by atoms with Crippen LogP contribution in [0.1, 0.15) is 47.0 Å². The molecule has 0 bridgehead atoms. The van der Waals surface area contributed by atoms with Gasteiger partial charge in [-0.3, -0.25) is 9.89 Å². The molecule has 0 aliphatic carbocycles. The molecule has 0 saturated carbocycles. The molecule has 0 aromatic heterocycles. The van der Waals surface area contributed by atoms with Crippen molar-refractivity contribution in [2.45, 2.75) is 53.0 Å². The lowest BCUT2D eigenvalue weighted by molar-refractivity contribution is 0.178. The first kappa shape index (κ1) is 13.5. The van der Waals surface area contributed by atoms with Gasteiger partial charge in [0.1, 0.15) is 0 Å². The molecule has 1 heterocycles. The van der Waals surface area contributed by atoms with Crippen LogP contribution in [0, 0.1) is 5.41 Å². The lowest BCUT2D eigenvalue weighted by Gasteiger charge is -2.31. The quantitative estimate of drug-likeness (QED) is 0.591. The molecular weight excluding hydrogens is 198 g/mol. The van der Waals surface area contributed by atoms with E-state index in [4.69, 9.17) is 5.73 Å². The van der Waals surface area contributed by atoms with Crippen molar-refractivity contribution in [3.05, 3.63) is 0 Å². The Morgan fingerprint density at radius 1 is 1.25 bits per heavy atom. The highest BCUT2D eigenvalue weighted by molar-refractivity contribution is 5.85. The average molecular weight is 225 g/mol. The summed E-state index contributed by atoms with van der Waals surface area (Å²) < 4.78 is 0. The number of hydrogen-bond acceptors (Lipinski definition) is 2. The number of piperidine rings is 1. The second-order valence-corrected chi connectivity index (χ2v) is 5.92. The highest BCUT2D eigenvalue weighted by Crippen LogP contribution is 2.15. The summed E-state index contributed by atoms with van der Waals surface area (Å²) in [7, 11) is 0. The largest absolute Gasteiger partial charge is 0.387 e. The topological polar surface area (TPSA) is 41.6 Å². The lowest BCUT2D eigenvalue weighted by atomic mass is 9.95. The fraction of sp³-hybridized carbons (Fsp3) is 0.923. The summed E-state index contributed by atoms with van der Waals surface area (Å²) in [5.41, 5.74) is 5.96. The van der Waals surface area contributed by atoms with Gasteiger partial charge in [-0.2, -0.15) is 0 Å². The number of nitrogens with two attached hydrogens (primary N) is 1. The van der Waals surface area contributed by atoms with Crippen LogP contribution < -0.4 is 5.73 Å². The fourth-order valence-corrected chi connectivity index (χ4v) is 1.94. The van der Waals surface area contributed by atoms with Crippen molar-refractivity contribution in [3.8, 4) is 0 Å². The Bertz CT molecular complexity index is 234. The molecule has 3 heteroatoms. The number of amidine groups is 1. The van der Waals surface area contributed by atoms with Gasteiger partial charge in [0, 0.05) is 11.5 Å². The molecule has 1 fully saturated rings. The van der Waals surface area contributed by atoms with Gasteiger partial charge in [-0.05, 0) is 32.9 Å². The van der Waals surface area contributed by atoms with Crippen LogP contribution in [0.2, 0.25) is 0 Å². The van der Waals surface area contributed by atoms with Crippen LogP contribution in [0.4, 0.5) is 0 Å². The van der Waals surface area contributed by atoms with Gasteiger partial charge in [0.05, 0.1) is 12.4 Å². The van der Waals surface area contributed by atoms with Crippen LogP contribution in [0.3, 0.4) is 0 Å². The van der Waals surface area contributed by atoms with E-state index in [0.29, 0.717) is 6.04 Å². The van der Waals surface area contributed by atoms with Crippen LogP contribution in [0.15, 0.2) is 4.99 Å². The van der Waals surface area contributed by atoms with E-state index >= 15 is 0 Å². The monoisotopic (exact) mass is 225 g/mol. The van der Waals surface area contributed by atoms with Gasteiger partial charge >= 0.3 is 0 Å². The summed E-state index contributed by atoms with van der Waals surface area (Å²) in [6.07, 6.45) is 4.06. The molecule has 3 nitrogen and oxygen atoms in total. The molecule has 0 radical (unpaired) electrons. The number of likely N-dealkylation sites (tertiary alicyclic amines) is 1. The Labute approximate surface area is 100 Å². The third-order valence-electron chi connectivity index (χ3n) is 3.31. The molecule has 0 spiro atoms. The lowest BCUT2D eigenvalue weighted by Crippen LogP contribution is -2.40.